The van der Waals surface area contributed by atoms with Crippen LogP contribution in [-0.2, 0) is 17.5 Å². The number of nitrogens with zero attached hydrogens (tertiary/aromatic N) is 3. The van der Waals surface area contributed by atoms with Gasteiger partial charge in [-0.15, -0.1) is 5.10 Å². The van der Waals surface area contributed by atoms with E-state index in [1.165, 1.54) is 6.92 Å². The SMILES string of the molecule is CCOC(=O)c1nnn(C[C@H]2N[C@H](CO)[C@@H](O)[C@@H]2O)c1C(F)(F)F. The molecule has 4 atom stereocenters. The van der Waals surface area contributed by atoms with Crippen LogP contribution in [0.15, 0.2) is 0 Å². The van der Waals surface area contributed by atoms with Crippen LogP contribution in [0.5, 0.6) is 0 Å². The van der Waals surface area contributed by atoms with E-state index in [2.05, 4.69) is 20.4 Å². The Morgan fingerprint density at radius 1 is 1.33 bits per heavy atom. The van der Waals surface area contributed by atoms with Gasteiger partial charge in [0.15, 0.2) is 5.69 Å². The minimum absolute atomic E-state index is 0.129. The molecule has 0 radical (unpaired) electrons. The summed E-state index contributed by atoms with van der Waals surface area (Å²) >= 11 is 0. The van der Waals surface area contributed by atoms with E-state index in [4.69, 9.17) is 5.11 Å². The van der Waals surface area contributed by atoms with Crippen molar-refractivity contribution < 1.29 is 38.0 Å². The van der Waals surface area contributed by atoms with Crippen LogP contribution in [0.2, 0.25) is 0 Å². The Bertz CT molecular complexity index is 594. The van der Waals surface area contributed by atoms with Gasteiger partial charge in [-0.05, 0) is 6.92 Å². The highest BCUT2D eigenvalue weighted by Gasteiger charge is 2.45. The van der Waals surface area contributed by atoms with Crippen molar-refractivity contribution in [2.75, 3.05) is 13.2 Å². The molecule has 0 bridgehead atoms. The van der Waals surface area contributed by atoms with Gasteiger partial charge in [0.05, 0.1) is 44.1 Å². The molecule has 1 aromatic heterocycles. The zero-order chi connectivity index (χ0) is 18.1. The Morgan fingerprint density at radius 3 is 2.46 bits per heavy atom. The van der Waals surface area contributed by atoms with Crippen molar-refractivity contribution in [3.63, 3.8) is 0 Å². The molecule has 24 heavy (non-hydrogen) atoms. The second-order valence-corrected chi connectivity index (χ2v) is 5.23. The Hall–Kier alpha value is -1.76. The van der Waals surface area contributed by atoms with Crippen molar-refractivity contribution in [1.29, 1.82) is 0 Å². The van der Waals surface area contributed by atoms with Gasteiger partial charge in [-0.2, -0.15) is 13.2 Å². The van der Waals surface area contributed by atoms with Crippen molar-refractivity contribution in [2.24, 2.45) is 0 Å². The average Bonchev–Trinajstić information content (AvgIpc) is 3.04. The number of esters is 1. The van der Waals surface area contributed by atoms with Crippen LogP contribution in [0, 0.1) is 0 Å². The van der Waals surface area contributed by atoms with E-state index in [0.29, 0.717) is 4.68 Å². The summed E-state index contributed by atoms with van der Waals surface area (Å²) in [5.41, 5.74) is -2.38. The van der Waals surface area contributed by atoms with Crippen LogP contribution >= 0.6 is 0 Å². The smallest absolute Gasteiger partial charge is 0.435 e. The highest BCUT2D eigenvalue weighted by molar-refractivity contribution is 5.88. The molecule has 0 aliphatic carbocycles. The maximum Gasteiger partial charge on any atom is 0.435 e. The van der Waals surface area contributed by atoms with Gasteiger partial charge < -0.3 is 25.4 Å². The number of nitrogens with one attached hydrogen (secondary N) is 1. The number of aliphatic hydroxyl groups is 3. The number of hydrogen-bond acceptors (Lipinski definition) is 8. The maximum absolute atomic E-state index is 13.3. The molecule has 0 unspecified atom stereocenters. The molecule has 12 heteroatoms. The Morgan fingerprint density at radius 2 is 1.96 bits per heavy atom. The van der Waals surface area contributed by atoms with Crippen LogP contribution in [-0.4, -0.2) is 73.8 Å². The lowest BCUT2D eigenvalue weighted by atomic mass is 10.1. The summed E-state index contributed by atoms with van der Waals surface area (Å²) < 4.78 is 44.7. The van der Waals surface area contributed by atoms with E-state index < -0.39 is 61.0 Å². The molecule has 1 aliphatic rings. The van der Waals surface area contributed by atoms with Gasteiger partial charge >= 0.3 is 12.1 Å². The monoisotopic (exact) mass is 354 g/mol. The quantitative estimate of drug-likeness (QED) is 0.472. The molecule has 2 heterocycles. The summed E-state index contributed by atoms with van der Waals surface area (Å²) in [7, 11) is 0. The van der Waals surface area contributed by atoms with Crippen molar-refractivity contribution >= 4 is 5.97 Å². The van der Waals surface area contributed by atoms with Gasteiger partial charge in [0.2, 0.25) is 5.69 Å². The summed E-state index contributed by atoms with van der Waals surface area (Å²) in [5, 5.41) is 37.7. The molecule has 1 fully saturated rings. The second-order valence-electron chi connectivity index (χ2n) is 5.23. The van der Waals surface area contributed by atoms with E-state index in [9.17, 15) is 28.2 Å². The normalized spacial score (nSPS) is 27.5. The molecule has 0 saturated carbocycles. The highest BCUT2D eigenvalue weighted by Crippen LogP contribution is 2.32. The predicted octanol–water partition coefficient (Wildman–Crippen LogP) is -1.47. The molecule has 2 rings (SSSR count). The van der Waals surface area contributed by atoms with Gasteiger partial charge in [0, 0.05) is 0 Å². The van der Waals surface area contributed by atoms with E-state index in [1.54, 1.807) is 0 Å². The summed E-state index contributed by atoms with van der Waals surface area (Å²) in [6.45, 7) is 0.281. The molecular weight excluding hydrogens is 337 g/mol. The Balaban J connectivity index is 2.29. The fourth-order valence-corrected chi connectivity index (χ4v) is 2.51. The zero-order valence-electron chi connectivity index (χ0n) is 12.6. The van der Waals surface area contributed by atoms with Gasteiger partial charge in [-0.3, -0.25) is 0 Å². The number of carbonyl (C=O) groups excluding carboxylic acids is 1. The summed E-state index contributed by atoms with van der Waals surface area (Å²) in [5.74, 6) is -1.26. The first-order valence-corrected chi connectivity index (χ1v) is 7.11. The third-order valence-electron chi connectivity index (χ3n) is 3.64. The standard InChI is InChI=1S/C12H17F3N4O5/c1-2-24-11(23)7-10(12(13,14)15)19(18-17-7)3-5-8(21)9(22)6(4-20)16-5/h5-6,8-9,16,20-22H,2-4H2,1H3/t5-,6-,8-,9-/m1/s1. The van der Waals surface area contributed by atoms with Crippen molar-refractivity contribution in [3.05, 3.63) is 11.4 Å². The molecule has 136 valence electrons. The molecular formula is C12H17F3N4O5. The molecule has 4 N–H and O–H groups in total. The molecule has 1 saturated heterocycles. The zero-order valence-corrected chi connectivity index (χ0v) is 12.6. The number of halogens is 3. The molecule has 9 nitrogen and oxygen atoms in total. The lowest BCUT2D eigenvalue weighted by molar-refractivity contribution is -0.145. The van der Waals surface area contributed by atoms with Crippen LogP contribution in [0.25, 0.3) is 0 Å². The van der Waals surface area contributed by atoms with E-state index >= 15 is 0 Å². The largest absolute Gasteiger partial charge is 0.461 e. The number of hydrogen-bond donors (Lipinski definition) is 4. The maximum atomic E-state index is 13.3. The average molecular weight is 354 g/mol. The van der Waals surface area contributed by atoms with Crippen LogP contribution in [0.1, 0.15) is 23.1 Å². The van der Waals surface area contributed by atoms with Gasteiger partial charge in [-0.25, -0.2) is 9.48 Å². The summed E-state index contributed by atoms with van der Waals surface area (Å²) in [4.78, 5) is 11.6. The van der Waals surface area contributed by atoms with E-state index in [0.717, 1.165) is 0 Å². The molecule has 1 aromatic rings. The number of aromatic nitrogens is 3. The number of carbonyl (C=O) groups is 1. The van der Waals surface area contributed by atoms with Crippen LogP contribution < -0.4 is 5.32 Å². The lowest BCUT2D eigenvalue weighted by Gasteiger charge is -2.17. The lowest BCUT2D eigenvalue weighted by Crippen LogP contribution is -2.39. The van der Waals surface area contributed by atoms with E-state index in [1.807, 2.05) is 0 Å². The minimum atomic E-state index is -4.93. The van der Waals surface area contributed by atoms with Crippen LogP contribution in [0.4, 0.5) is 13.2 Å². The summed E-state index contributed by atoms with van der Waals surface area (Å²) in [6.07, 6.45) is -7.69. The first-order valence-electron chi connectivity index (χ1n) is 7.11. The fraction of sp³-hybridized carbons (Fsp3) is 0.750. The van der Waals surface area contributed by atoms with Crippen molar-refractivity contribution in [2.45, 2.75) is 43.9 Å². The third-order valence-corrected chi connectivity index (χ3v) is 3.64. The Kier molecular flexibility index (Phi) is 5.42. The highest BCUT2D eigenvalue weighted by atomic mass is 19.4. The molecule has 0 amide bonds. The first-order chi connectivity index (χ1) is 11.2. The molecule has 1 aliphatic heterocycles. The van der Waals surface area contributed by atoms with Crippen LogP contribution in [0.3, 0.4) is 0 Å². The fourth-order valence-electron chi connectivity index (χ4n) is 2.51. The summed E-state index contributed by atoms with van der Waals surface area (Å²) in [6, 6.07) is -1.90. The number of ether oxygens (including phenoxy) is 1. The predicted molar refractivity (Wildman–Crippen MR) is 70.8 cm³/mol. The minimum Gasteiger partial charge on any atom is -0.461 e. The number of aliphatic hydroxyl groups excluding tert-OH is 3. The van der Waals surface area contributed by atoms with Crippen molar-refractivity contribution in [3.8, 4) is 0 Å². The Labute approximate surface area is 134 Å². The second kappa shape index (κ2) is 7.01. The topological polar surface area (TPSA) is 130 Å². The van der Waals surface area contributed by atoms with Gasteiger partial charge in [0.1, 0.15) is 0 Å². The first kappa shape index (κ1) is 18.6. The molecule has 0 spiro atoms. The molecule has 0 aromatic carbocycles. The van der Waals surface area contributed by atoms with E-state index in [-0.39, 0.29) is 6.61 Å². The number of alkyl halides is 3. The van der Waals surface area contributed by atoms with Gasteiger partial charge in [-0.1, -0.05) is 5.21 Å². The third kappa shape index (κ3) is 3.50. The van der Waals surface area contributed by atoms with Crippen molar-refractivity contribution in [1.82, 2.24) is 20.3 Å². The number of rotatable bonds is 5. The van der Waals surface area contributed by atoms with Gasteiger partial charge in [0.25, 0.3) is 0 Å².